The van der Waals surface area contributed by atoms with Crippen molar-refractivity contribution >= 4 is 11.4 Å². The van der Waals surface area contributed by atoms with Gasteiger partial charge in [0, 0.05) is 16.9 Å². The first-order valence-corrected chi connectivity index (χ1v) is 8.06. The van der Waals surface area contributed by atoms with Crippen LogP contribution in [-0.4, -0.2) is 0 Å². The van der Waals surface area contributed by atoms with Gasteiger partial charge in [0.1, 0.15) is 0 Å². The van der Waals surface area contributed by atoms with E-state index in [4.69, 9.17) is 0 Å². The minimum absolute atomic E-state index is 0.181. The summed E-state index contributed by atoms with van der Waals surface area (Å²) in [6.07, 6.45) is 0. The summed E-state index contributed by atoms with van der Waals surface area (Å²) in [6, 6.07) is 27.6. The highest BCUT2D eigenvalue weighted by molar-refractivity contribution is 5.80. The van der Waals surface area contributed by atoms with E-state index in [1.807, 2.05) is 6.07 Å². The predicted octanol–water partition coefficient (Wildman–Crippen LogP) is 6.39. The second kappa shape index (κ2) is 6.29. The smallest absolute Gasteiger partial charge is 0.0463 e. The second-order valence-electron chi connectivity index (χ2n) is 6.86. The summed E-state index contributed by atoms with van der Waals surface area (Å²) < 4.78 is 0. The Kier molecular flexibility index (Phi) is 4.20. The number of para-hydroxylation sites is 1. The molecule has 0 aliphatic heterocycles. The van der Waals surface area contributed by atoms with Gasteiger partial charge in [-0.1, -0.05) is 81.4 Å². The molecule has 1 N–H and O–H groups in total. The summed E-state index contributed by atoms with van der Waals surface area (Å²) in [6.45, 7) is 6.71. The Hall–Kier alpha value is -2.54. The zero-order valence-corrected chi connectivity index (χ0v) is 14.0. The van der Waals surface area contributed by atoms with Crippen LogP contribution in [0.1, 0.15) is 26.3 Å². The lowest BCUT2D eigenvalue weighted by Crippen LogP contribution is -2.10. The number of hydrogen-bond acceptors (Lipinski definition) is 1. The van der Waals surface area contributed by atoms with Crippen molar-refractivity contribution in [2.24, 2.45) is 0 Å². The number of hydrogen-bond donors (Lipinski definition) is 1. The molecule has 3 rings (SSSR count). The first-order valence-electron chi connectivity index (χ1n) is 8.06. The lowest BCUT2D eigenvalue weighted by molar-refractivity contribution is 0.590. The summed E-state index contributed by atoms with van der Waals surface area (Å²) in [4.78, 5) is 0. The van der Waals surface area contributed by atoms with Crippen LogP contribution in [0.25, 0.3) is 11.1 Å². The molecule has 3 aromatic carbocycles. The van der Waals surface area contributed by atoms with Gasteiger partial charge in [-0.25, -0.2) is 0 Å². The van der Waals surface area contributed by atoms with E-state index in [-0.39, 0.29) is 5.41 Å². The highest BCUT2D eigenvalue weighted by Crippen LogP contribution is 2.31. The Labute approximate surface area is 139 Å². The molecule has 23 heavy (non-hydrogen) atoms. The molecule has 0 saturated carbocycles. The third-order valence-corrected chi connectivity index (χ3v) is 4.04. The van der Waals surface area contributed by atoms with Gasteiger partial charge in [-0.3, -0.25) is 0 Å². The van der Waals surface area contributed by atoms with Crippen LogP contribution in [0.5, 0.6) is 0 Å². The molecule has 0 aliphatic carbocycles. The standard InChI is InChI=1S/C22H23N/c1-22(2,3)18-13-15-19(16-14-18)23-21-12-8-7-11-20(21)17-9-5-4-6-10-17/h4-16,23H,1-3H3. The van der Waals surface area contributed by atoms with Crippen molar-refractivity contribution in [3.8, 4) is 11.1 Å². The fourth-order valence-electron chi connectivity index (χ4n) is 2.67. The summed E-state index contributed by atoms with van der Waals surface area (Å²) in [5.74, 6) is 0. The lowest BCUT2D eigenvalue weighted by Gasteiger charge is -2.19. The third kappa shape index (κ3) is 3.62. The molecule has 0 amide bonds. The average Bonchev–Trinajstić information content (AvgIpc) is 2.56. The van der Waals surface area contributed by atoms with Crippen LogP contribution in [0.2, 0.25) is 0 Å². The van der Waals surface area contributed by atoms with Crippen molar-refractivity contribution in [1.29, 1.82) is 0 Å². The molecule has 0 aliphatic rings. The fourth-order valence-corrected chi connectivity index (χ4v) is 2.67. The van der Waals surface area contributed by atoms with Crippen LogP contribution in [-0.2, 0) is 5.41 Å². The maximum absolute atomic E-state index is 3.55. The Balaban J connectivity index is 1.89. The lowest BCUT2D eigenvalue weighted by atomic mass is 9.87. The van der Waals surface area contributed by atoms with E-state index in [0.29, 0.717) is 0 Å². The molecule has 0 saturated heterocycles. The van der Waals surface area contributed by atoms with Gasteiger partial charge in [0.25, 0.3) is 0 Å². The van der Waals surface area contributed by atoms with E-state index in [2.05, 4.69) is 98.9 Å². The first kappa shape index (κ1) is 15.4. The molecule has 0 atom stereocenters. The molecule has 1 heteroatoms. The van der Waals surface area contributed by atoms with Crippen molar-refractivity contribution in [2.45, 2.75) is 26.2 Å². The van der Waals surface area contributed by atoms with E-state index in [1.165, 1.54) is 16.7 Å². The largest absolute Gasteiger partial charge is 0.355 e. The molecule has 0 unspecified atom stereocenters. The average molecular weight is 301 g/mol. The molecule has 0 spiro atoms. The van der Waals surface area contributed by atoms with Gasteiger partial charge in [-0.15, -0.1) is 0 Å². The minimum atomic E-state index is 0.181. The van der Waals surface area contributed by atoms with Crippen LogP contribution in [0, 0.1) is 0 Å². The Bertz CT molecular complexity index is 765. The maximum atomic E-state index is 3.55. The number of anilines is 2. The van der Waals surface area contributed by atoms with Crippen LogP contribution in [0.3, 0.4) is 0 Å². The quantitative estimate of drug-likeness (QED) is 0.590. The van der Waals surface area contributed by atoms with E-state index in [9.17, 15) is 0 Å². The molecule has 0 radical (unpaired) electrons. The minimum Gasteiger partial charge on any atom is -0.355 e. The van der Waals surface area contributed by atoms with Crippen LogP contribution in [0.15, 0.2) is 78.9 Å². The van der Waals surface area contributed by atoms with Gasteiger partial charge in [0.05, 0.1) is 0 Å². The molecule has 0 heterocycles. The second-order valence-corrected chi connectivity index (χ2v) is 6.86. The molecular formula is C22H23N. The molecule has 0 aromatic heterocycles. The summed E-state index contributed by atoms with van der Waals surface area (Å²) in [7, 11) is 0. The molecular weight excluding hydrogens is 278 g/mol. The Morgan fingerprint density at radius 3 is 1.91 bits per heavy atom. The third-order valence-electron chi connectivity index (χ3n) is 4.04. The first-order chi connectivity index (χ1) is 11.0. The Morgan fingerprint density at radius 1 is 0.652 bits per heavy atom. The van der Waals surface area contributed by atoms with E-state index < -0.39 is 0 Å². The van der Waals surface area contributed by atoms with Crippen molar-refractivity contribution < 1.29 is 0 Å². The number of benzene rings is 3. The van der Waals surface area contributed by atoms with Gasteiger partial charge in [-0.05, 0) is 34.7 Å². The van der Waals surface area contributed by atoms with Crippen LogP contribution < -0.4 is 5.32 Å². The van der Waals surface area contributed by atoms with Gasteiger partial charge < -0.3 is 5.32 Å². The number of nitrogens with one attached hydrogen (secondary N) is 1. The van der Waals surface area contributed by atoms with Crippen molar-refractivity contribution in [3.05, 3.63) is 84.4 Å². The van der Waals surface area contributed by atoms with E-state index in [0.717, 1.165) is 11.4 Å². The Morgan fingerprint density at radius 2 is 1.26 bits per heavy atom. The van der Waals surface area contributed by atoms with Gasteiger partial charge in [-0.2, -0.15) is 0 Å². The van der Waals surface area contributed by atoms with Gasteiger partial charge in [0.15, 0.2) is 0 Å². The van der Waals surface area contributed by atoms with E-state index >= 15 is 0 Å². The van der Waals surface area contributed by atoms with Crippen molar-refractivity contribution in [3.63, 3.8) is 0 Å². The van der Waals surface area contributed by atoms with E-state index in [1.54, 1.807) is 0 Å². The fraction of sp³-hybridized carbons (Fsp3) is 0.182. The molecule has 3 aromatic rings. The molecule has 0 bridgehead atoms. The normalized spacial score (nSPS) is 11.3. The zero-order chi connectivity index (χ0) is 16.3. The molecule has 1 nitrogen and oxygen atoms in total. The van der Waals surface area contributed by atoms with Crippen LogP contribution in [0.4, 0.5) is 11.4 Å². The molecule has 116 valence electrons. The van der Waals surface area contributed by atoms with Crippen molar-refractivity contribution in [2.75, 3.05) is 5.32 Å². The zero-order valence-electron chi connectivity index (χ0n) is 14.0. The monoisotopic (exact) mass is 301 g/mol. The summed E-state index contributed by atoms with van der Waals surface area (Å²) >= 11 is 0. The van der Waals surface area contributed by atoms with Gasteiger partial charge in [0.2, 0.25) is 0 Å². The predicted molar refractivity (Wildman–Crippen MR) is 100 cm³/mol. The van der Waals surface area contributed by atoms with Gasteiger partial charge >= 0.3 is 0 Å². The summed E-state index contributed by atoms with van der Waals surface area (Å²) in [5, 5.41) is 3.55. The SMILES string of the molecule is CC(C)(C)c1ccc(Nc2ccccc2-c2ccccc2)cc1. The molecule has 0 fully saturated rings. The summed E-state index contributed by atoms with van der Waals surface area (Å²) in [5.41, 5.74) is 6.21. The number of rotatable bonds is 3. The topological polar surface area (TPSA) is 12.0 Å². The van der Waals surface area contributed by atoms with Crippen LogP contribution >= 0.6 is 0 Å². The van der Waals surface area contributed by atoms with Crippen molar-refractivity contribution in [1.82, 2.24) is 0 Å². The highest BCUT2D eigenvalue weighted by atomic mass is 14.9. The highest BCUT2D eigenvalue weighted by Gasteiger charge is 2.13. The maximum Gasteiger partial charge on any atom is 0.0463 e.